The van der Waals surface area contributed by atoms with Gasteiger partial charge in [0.1, 0.15) is 5.02 Å². The number of hydrogen-bond donors (Lipinski definition) is 4. The van der Waals surface area contributed by atoms with Crippen LogP contribution in [-0.4, -0.2) is 44.9 Å². The number of nitrogens with one attached hydrogen (secondary N) is 4. The molecule has 4 heterocycles. The number of pyridine rings is 1. The van der Waals surface area contributed by atoms with Gasteiger partial charge in [-0.15, -0.1) is 0 Å². The lowest BCUT2D eigenvalue weighted by molar-refractivity contribution is -0.117. The number of benzene rings is 2. The van der Waals surface area contributed by atoms with E-state index in [0.717, 1.165) is 34.6 Å². The summed E-state index contributed by atoms with van der Waals surface area (Å²) in [4.78, 5) is 44.2. The van der Waals surface area contributed by atoms with Gasteiger partial charge in [0.2, 0.25) is 11.9 Å². The van der Waals surface area contributed by atoms with Crippen LogP contribution >= 0.6 is 11.6 Å². The van der Waals surface area contributed by atoms with Crippen LogP contribution in [0.25, 0.3) is 4.85 Å². The van der Waals surface area contributed by atoms with Crippen LogP contribution in [0.15, 0.2) is 67.1 Å². The van der Waals surface area contributed by atoms with Gasteiger partial charge in [0.05, 0.1) is 24.7 Å². The van der Waals surface area contributed by atoms with Gasteiger partial charge in [0.15, 0.2) is 11.5 Å². The molecule has 4 N–H and O–H groups in total. The van der Waals surface area contributed by atoms with Gasteiger partial charge in [0.25, 0.3) is 0 Å². The number of aromatic nitrogens is 3. The van der Waals surface area contributed by atoms with E-state index in [1.54, 1.807) is 35.4 Å². The molecule has 3 amide bonds. The van der Waals surface area contributed by atoms with Gasteiger partial charge >= 0.3 is 6.03 Å². The summed E-state index contributed by atoms with van der Waals surface area (Å²) in [5.74, 6) is 0.792. The molecule has 4 aromatic rings. The Kier molecular flexibility index (Phi) is 8.02. The Morgan fingerprint density at radius 2 is 1.95 bits per heavy atom. The van der Waals surface area contributed by atoms with Crippen molar-refractivity contribution in [2.24, 2.45) is 5.92 Å². The first kappa shape index (κ1) is 27.9. The Hall–Kier alpha value is -5.21. The number of halogens is 1. The fourth-order valence-corrected chi connectivity index (χ4v) is 5.39. The minimum Gasteiger partial charge on any atom is -0.339 e. The number of aryl methyl sites for hydroxylation is 2. The van der Waals surface area contributed by atoms with Gasteiger partial charge < -0.3 is 26.2 Å². The van der Waals surface area contributed by atoms with Gasteiger partial charge in [-0.1, -0.05) is 23.7 Å². The number of fused-ring (bicyclic) bond motifs is 6. The zero-order valence-electron chi connectivity index (χ0n) is 23.1. The summed E-state index contributed by atoms with van der Waals surface area (Å²) in [5, 5.41) is 12.8. The number of likely N-dealkylation sites (tertiary alicyclic amines) is 1. The zero-order valence-corrected chi connectivity index (χ0v) is 23.9. The van der Waals surface area contributed by atoms with Crippen LogP contribution in [-0.2, 0) is 17.6 Å². The van der Waals surface area contributed by atoms with E-state index in [1.165, 1.54) is 6.20 Å². The Morgan fingerprint density at radius 3 is 2.84 bits per heavy atom. The van der Waals surface area contributed by atoms with E-state index < -0.39 is 0 Å². The summed E-state index contributed by atoms with van der Waals surface area (Å²) in [6.45, 7) is 8.20. The van der Waals surface area contributed by atoms with Crippen molar-refractivity contribution in [3.63, 3.8) is 0 Å². The van der Waals surface area contributed by atoms with Crippen LogP contribution < -0.4 is 21.3 Å². The van der Waals surface area contributed by atoms with Crippen LogP contribution in [0.2, 0.25) is 5.02 Å². The third kappa shape index (κ3) is 6.82. The Balaban J connectivity index is 1.13. The van der Waals surface area contributed by atoms with E-state index in [9.17, 15) is 9.59 Å². The smallest absolute Gasteiger partial charge is 0.321 e. The van der Waals surface area contributed by atoms with Crippen molar-refractivity contribution in [3.8, 4) is 0 Å². The van der Waals surface area contributed by atoms with Gasteiger partial charge in [-0.2, -0.15) is 4.98 Å². The number of carbonyl (C=O) groups excluding carboxylic acids is 2. The summed E-state index contributed by atoms with van der Waals surface area (Å²) in [6, 6.07) is 14.3. The molecule has 11 nitrogen and oxygen atoms in total. The van der Waals surface area contributed by atoms with E-state index in [1.807, 2.05) is 30.5 Å². The van der Waals surface area contributed by atoms with Gasteiger partial charge in [0, 0.05) is 42.8 Å². The van der Waals surface area contributed by atoms with E-state index >= 15 is 0 Å². The van der Waals surface area contributed by atoms with Crippen LogP contribution in [0.3, 0.4) is 0 Å². The third-order valence-corrected chi connectivity index (χ3v) is 7.67. The van der Waals surface area contributed by atoms with Crippen molar-refractivity contribution in [1.82, 2.24) is 19.9 Å². The highest BCUT2D eigenvalue weighted by Gasteiger charge is 2.28. The summed E-state index contributed by atoms with van der Waals surface area (Å²) >= 11 is 6.37. The second kappa shape index (κ2) is 12.3. The quantitative estimate of drug-likeness (QED) is 0.198. The average Bonchev–Trinajstić information content (AvgIpc) is 3.47. The molecule has 2 aromatic heterocycles. The van der Waals surface area contributed by atoms with Crippen molar-refractivity contribution in [2.75, 3.05) is 34.4 Å². The van der Waals surface area contributed by atoms with Crippen LogP contribution in [0.1, 0.15) is 24.0 Å². The lowest BCUT2D eigenvalue weighted by Gasteiger charge is -2.18. The molecular weight excluding hydrogens is 566 g/mol. The molecule has 0 radical (unpaired) electrons. The lowest BCUT2D eigenvalue weighted by Crippen LogP contribution is -2.33. The molecule has 1 saturated heterocycles. The molecule has 12 heteroatoms. The van der Waals surface area contributed by atoms with E-state index in [-0.39, 0.29) is 17.9 Å². The normalized spacial score (nSPS) is 15.4. The van der Waals surface area contributed by atoms with E-state index in [4.69, 9.17) is 18.2 Å². The minimum atomic E-state index is -0.232. The topological polar surface area (TPSA) is 129 Å². The van der Waals surface area contributed by atoms with E-state index in [2.05, 4.69) is 41.1 Å². The SMILES string of the molecule is [C-]#[N+]c1cccc(NC(=O)N2CC[C@@H](CC(=O)Nc3ccc4cc3CCc3cncc(c3)Nc3ncc(Cl)c(n3)N4)C2)c1. The van der Waals surface area contributed by atoms with Crippen LogP contribution in [0.4, 0.5) is 45.0 Å². The Bertz CT molecular complexity index is 1740. The molecule has 1 atom stereocenters. The van der Waals surface area contributed by atoms with Crippen molar-refractivity contribution < 1.29 is 9.59 Å². The maximum absolute atomic E-state index is 13.2. The Morgan fingerprint density at radius 1 is 1.05 bits per heavy atom. The number of urea groups is 1. The monoisotopic (exact) mass is 593 g/mol. The second-order valence-electron chi connectivity index (χ2n) is 10.5. The summed E-state index contributed by atoms with van der Waals surface area (Å²) < 4.78 is 0. The zero-order chi connectivity index (χ0) is 29.8. The van der Waals surface area contributed by atoms with Gasteiger partial charge in [-0.25, -0.2) is 14.6 Å². The number of amides is 3. The molecule has 2 aromatic carbocycles. The number of hydrogen-bond acceptors (Lipinski definition) is 7. The first-order chi connectivity index (χ1) is 20.9. The molecule has 2 aliphatic rings. The maximum Gasteiger partial charge on any atom is 0.321 e. The first-order valence-corrected chi connectivity index (χ1v) is 14.3. The summed E-state index contributed by atoms with van der Waals surface area (Å²) in [7, 11) is 0. The molecule has 0 saturated carbocycles. The molecule has 0 spiro atoms. The Labute approximate surface area is 253 Å². The molecule has 6 rings (SSSR count). The number of nitrogens with zero attached hydrogens (tertiary/aromatic N) is 5. The predicted octanol–water partition coefficient (Wildman–Crippen LogP) is 6.54. The van der Waals surface area contributed by atoms with Crippen molar-refractivity contribution in [1.29, 1.82) is 0 Å². The standard InChI is InChI=1S/C31H28ClN9O2/c1-33-22-3-2-4-23(14-22)38-31(43)41-10-9-20(18-41)12-28(42)39-27-8-7-24-13-21(27)6-5-19-11-25(16-34-15-19)37-30-35-17-26(32)29(36-24)40-30/h2-4,7-8,11,13-17,20H,5-6,9-10,12,18H2,(H,38,43)(H,39,42)(H2,35,36,37,40)/t20-/m0/s1. The molecular formula is C31H28ClN9O2. The van der Waals surface area contributed by atoms with Crippen molar-refractivity contribution >= 4 is 63.7 Å². The highest BCUT2D eigenvalue weighted by molar-refractivity contribution is 6.32. The number of anilines is 6. The lowest BCUT2D eigenvalue weighted by atomic mass is 10.0. The van der Waals surface area contributed by atoms with Crippen molar-refractivity contribution in [3.05, 3.63) is 94.7 Å². The number of rotatable bonds is 4. The maximum atomic E-state index is 13.2. The fraction of sp³-hybridized carbons (Fsp3) is 0.226. The molecule has 43 heavy (non-hydrogen) atoms. The predicted molar refractivity (Wildman–Crippen MR) is 166 cm³/mol. The molecule has 0 aliphatic carbocycles. The third-order valence-electron chi connectivity index (χ3n) is 7.39. The second-order valence-corrected chi connectivity index (χ2v) is 10.9. The summed E-state index contributed by atoms with van der Waals surface area (Å²) in [5.41, 5.74) is 5.30. The summed E-state index contributed by atoms with van der Waals surface area (Å²) in [6.07, 6.45) is 7.47. The minimum absolute atomic E-state index is 0.0433. The van der Waals surface area contributed by atoms with Crippen LogP contribution in [0.5, 0.6) is 0 Å². The van der Waals surface area contributed by atoms with Crippen molar-refractivity contribution in [2.45, 2.75) is 25.7 Å². The molecule has 6 bridgehead atoms. The molecule has 2 aliphatic heterocycles. The van der Waals surface area contributed by atoms with E-state index in [0.29, 0.717) is 60.5 Å². The fourth-order valence-electron chi connectivity index (χ4n) is 5.26. The highest BCUT2D eigenvalue weighted by atomic mass is 35.5. The average molecular weight is 594 g/mol. The van der Waals surface area contributed by atoms with Gasteiger partial charge in [-0.05, 0) is 72.7 Å². The van der Waals surface area contributed by atoms with Crippen LogP contribution in [0, 0.1) is 12.5 Å². The molecule has 0 unspecified atom stereocenters. The largest absolute Gasteiger partial charge is 0.339 e. The molecule has 216 valence electrons. The molecule has 1 fully saturated rings. The first-order valence-electron chi connectivity index (χ1n) is 13.9. The number of carbonyl (C=O) groups is 2. The van der Waals surface area contributed by atoms with Gasteiger partial charge in [-0.3, -0.25) is 9.78 Å². The highest BCUT2D eigenvalue weighted by Crippen LogP contribution is 2.30.